The molecular formula is C18H23N3O3. The van der Waals surface area contributed by atoms with Crippen molar-refractivity contribution in [3.8, 4) is 11.5 Å². The molecule has 128 valence electrons. The average Bonchev–Trinajstić information content (AvgIpc) is 3.04. The highest BCUT2D eigenvalue weighted by Gasteiger charge is 2.30. The predicted octanol–water partition coefficient (Wildman–Crippen LogP) is 3.85. The van der Waals surface area contributed by atoms with Crippen LogP contribution in [0.1, 0.15) is 45.4 Å². The van der Waals surface area contributed by atoms with Gasteiger partial charge in [-0.05, 0) is 45.7 Å². The lowest BCUT2D eigenvalue weighted by Gasteiger charge is -2.32. The lowest BCUT2D eigenvalue weighted by Crippen LogP contribution is -2.42. The number of benzene rings is 1. The van der Waals surface area contributed by atoms with Crippen molar-refractivity contribution >= 4 is 6.09 Å². The number of ether oxygens (including phenoxy) is 1. The first kappa shape index (κ1) is 16.5. The van der Waals surface area contributed by atoms with Crippen molar-refractivity contribution in [1.82, 2.24) is 15.0 Å². The summed E-state index contributed by atoms with van der Waals surface area (Å²) in [5.41, 5.74) is 0.410. The standard InChI is InChI=1S/C18H23N3O3/c1-18(2,3)23-17(22)21-11-7-10-14(12-21)15-19-16(24-20-15)13-8-5-4-6-9-13/h4-6,8-9,14H,7,10-12H2,1-3H3/t14-/m1/s1. The minimum Gasteiger partial charge on any atom is -0.444 e. The highest BCUT2D eigenvalue weighted by Crippen LogP contribution is 2.28. The molecule has 3 rings (SSSR count). The van der Waals surface area contributed by atoms with Crippen LogP contribution in [0.4, 0.5) is 4.79 Å². The van der Waals surface area contributed by atoms with Crippen LogP contribution in [0, 0.1) is 0 Å². The van der Waals surface area contributed by atoms with Gasteiger partial charge in [-0.2, -0.15) is 4.98 Å². The maximum Gasteiger partial charge on any atom is 0.410 e. The molecule has 1 atom stereocenters. The van der Waals surface area contributed by atoms with Gasteiger partial charge in [-0.25, -0.2) is 4.79 Å². The Morgan fingerprint density at radius 1 is 1.29 bits per heavy atom. The Hall–Kier alpha value is -2.37. The van der Waals surface area contributed by atoms with E-state index in [0.717, 1.165) is 18.4 Å². The lowest BCUT2D eigenvalue weighted by molar-refractivity contribution is 0.0195. The SMILES string of the molecule is CC(C)(C)OC(=O)N1CCC[C@@H](c2noc(-c3ccccc3)n2)C1. The molecule has 0 N–H and O–H groups in total. The van der Waals surface area contributed by atoms with Crippen LogP contribution in [0.2, 0.25) is 0 Å². The minimum atomic E-state index is -0.489. The molecule has 6 nitrogen and oxygen atoms in total. The van der Waals surface area contributed by atoms with E-state index in [0.29, 0.717) is 24.8 Å². The number of hydrogen-bond donors (Lipinski definition) is 0. The number of amides is 1. The normalized spacial score (nSPS) is 18.5. The maximum absolute atomic E-state index is 12.3. The summed E-state index contributed by atoms with van der Waals surface area (Å²) in [7, 11) is 0. The second-order valence-corrected chi connectivity index (χ2v) is 7.09. The second kappa shape index (κ2) is 6.63. The molecule has 2 aromatic rings. The molecular weight excluding hydrogens is 306 g/mol. The molecule has 1 aromatic carbocycles. The molecule has 1 aliphatic rings. The predicted molar refractivity (Wildman–Crippen MR) is 89.5 cm³/mol. The molecule has 0 aliphatic carbocycles. The summed E-state index contributed by atoms with van der Waals surface area (Å²) in [6, 6.07) is 9.69. The van der Waals surface area contributed by atoms with E-state index in [4.69, 9.17) is 9.26 Å². The van der Waals surface area contributed by atoms with Crippen LogP contribution >= 0.6 is 0 Å². The van der Waals surface area contributed by atoms with Gasteiger partial charge in [-0.3, -0.25) is 0 Å². The van der Waals surface area contributed by atoms with Gasteiger partial charge >= 0.3 is 6.09 Å². The third-order valence-electron chi connectivity index (χ3n) is 3.90. The molecule has 1 fully saturated rings. The Bertz CT molecular complexity index is 691. The summed E-state index contributed by atoms with van der Waals surface area (Å²) < 4.78 is 10.8. The van der Waals surface area contributed by atoms with Crippen molar-refractivity contribution in [3.05, 3.63) is 36.2 Å². The van der Waals surface area contributed by atoms with Gasteiger partial charge < -0.3 is 14.2 Å². The number of likely N-dealkylation sites (tertiary alicyclic amines) is 1. The highest BCUT2D eigenvalue weighted by molar-refractivity contribution is 5.68. The number of piperidine rings is 1. The van der Waals surface area contributed by atoms with Crippen LogP contribution in [0.15, 0.2) is 34.9 Å². The number of aromatic nitrogens is 2. The van der Waals surface area contributed by atoms with E-state index < -0.39 is 5.60 Å². The van der Waals surface area contributed by atoms with Crippen molar-refractivity contribution in [2.75, 3.05) is 13.1 Å². The molecule has 24 heavy (non-hydrogen) atoms. The molecule has 1 aromatic heterocycles. The fourth-order valence-corrected chi connectivity index (χ4v) is 2.78. The largest absolute Gasteiger partial charge is 0.444 e. The number of hydrogen-bond acceptors (Lipinski definition) is 5. The number of rotatable bonds is 2. The first-order valence-electron chi connectivity index (χ1n) is 8.29. The fourth-order valence-electron chi connectivity index (χ4n) is 2.78. The smallest absolute Gasteiger partial charge is 0.410 e. The zero-order valence-corrected chi connectivity index (χ0v) is 14.4. The molecule has 1 aliphatic heterocycles. The van der Waals surface area contributed by atoms with E-state index in [1.54, 1.807) is 4.90 Å². The van der Waals surface area contributed by atoms with Gasteiger partial charge in [0.15, 0.2) is 5.82 Å². The van der Waals surface area contributed by atoms with Crippen molar-refractivity contribution in [2.24, 2.45) is 0 Å². The Morgan fingerprint density at radius 3 is 2.75 bits per heavy atom. The van der Waals surface area contributed by atoms with Gasteiger partial charge in [-0.15, -0.1) is 0 Å². The Kier molecular flexibility index (Phi) is 4.55. The van der Waals surface area contributed by atoms with Gasteiger partial charge in [0.05, 0.1) is 0 Å². The third-order valence-corrected chi connectivity index (χ3v) is 3.90. The first-order valence-corrected chi connectivity index (χ1v) is 8.29. The van der Waals surface area contributed by atoms with Gasteiger partial charge in [0, 0.05) is 24.6 Å². The zero-order chi connectivity index (χ0) is 17.2. The van der Waals surface area contributed by atoms with E-state index in [1.165, 1.54) is 0 Å². The summed E-state index contributed by atoms with van der Waals surface area (Å²) in [6.07, 6.45) is 1.56. The topological polar surface area (TPSA) is 68.5 Å². The van der Waals surface area contributed by atoms with Gasteiger partial charge in [0.1, 0.15) is 5.60 Å². The Morgan fingerprint density at radius 2 is 2.04 bits per heavy atom. The van der Waals surface area contributed by atoms with Crippen LogP contribution in [-0.4, -0.2) is 39.8 Å². The quantitative estimate of drug-likeness (QED) is 0.837. The molecule has 1 saturated heterocycles. The molecule has 2 heterocycles. The minimum absolute atomic E-state index is 0.0764. The van der Waals surface area contributed by atoms with E-state index in [9.17, 15) is 4.79 Å². The van der Waals surface area contributed by atoms with Gasteiger partial charge in [0.25, 0.3) is 5.89 Å². The number of nitrogens with zero attached hydrogens (tertiary/aromatic N) is 3. The molecule has 0 saturated carbocycles. The Balaban J connectivity index is 1.69. The van der Waals surface area contributed by atoms with Crippen LogP contribution < -0.4 is 0 Å². The van der Waals surface area contributed by atoms with Crippen LogP contribution in [0.5, 0.6) is 0 Å². The third kappa shape index (κ3) is 3.93. The monoisotopic (exact) mass is 329 g/mol. The molecule has 0 unspecified atom stereocenters. The summed E-state index contributed by atoms with van der Waals surface area (Å²) in [5, 5.41) is 4.12. The lowest BCUT2D eigenvalue weighted by atomic mass is 9.98. The summed E-state index contributed by atoms with van der Waals surface area (Å²) in [6.45, 7) is 6.88. The molecule has 1 amide bonds. The fraction of sp³-hybridized carbons (Fsp3) is 0.500. The van der Waals surface area contributed by atoms with E-state index in [-0.39, 0.29) is 12.0 Å². The molecule has 0 bridgehead atoms. The van der Waals surface area contributed by atoms with E-state index >= 15 is 0 Å². The molecule has 0 radical (unpaired) electrons. The summed E-state index contributed by atoms with van der Waals surface area (Å²) in [5.74, 6) is 1.24. The molecule has 0 spiro atoms. The second-order valence-electron chi connectivity index (χ2n) is 7.09. The summed E-state index contributed by atoms with van der Waals surface area (Å²) in [4.78, 5) is 18.5. The van der Waals surface area contributed by atoms with Crippen LogP contribution in [0.3, 0.4) is 0 Å². The average molecular weight is 329 g/mol. The summed E-state index contributed by atoms with van der Waals surface area (Å²) >= 11 is 0. The van der Waals surface area contributed by atoms with Crippen molar-refractivity contribution in [2.45, 2.75) is 45.1 Å². The number of carbonyl (C=O) groups excluding carboxylic acids is 1. The van der Waals surface area contributed by atoms with Crippen molar-refractivity contribution < 1.29 is 14.1 Å². The van der Waals surface area contributed by atoms with Crippen molar-refractivity contribution in [3.63, 3.8) is 0 Å². The highest BCUT2D eigenvalue weighted by atomic mass is 16.6. The van der Waals surface area contributed by atoms with Crippen molar-refractivity contribution in [1.29, 1.82) is 0 Å². The first-order chi connectivity index (χ1) is 11.4. The maximum atomic E-state index is 12.3. The zero-order valence-electron chi connectivity index (χ0n) is 14.4. The van der Waals surface area contributed by atoms with E-state index in [1.807, 2.05) is 51.1 Å². The van der Waals surface area contributed by atoms with Crippen LogP contribution in [-0.2, 0) is 4.74 Å². The van der Waals surface area contributed by atoms with Gasteiger partial charge in [0.2, 0.25) is 0 Å². The van der Waals surface area contributed by atoms with Gasteiger partial charge in [-0.1, -0.05) is 23.4 Å². The Labute approximate surface area is 141 Å². The number of carbonyl (C=O) groups is 1. The van der Waals surface area contributed by atoms with Crippen LogP contribution in [0.25, 0.3) is 11.5 Å². The van der Waals surface area contributed by atoms with E-state index in [2.05, 4.69) is 10.1 Å². The molecule has 6 heteroatoms.